The van der Waals surface area contributed by atoms with Crippen molar-refractivity contribution in [3.63, 3.8) is 0 Å². The van der Waals surface area contributed by atoms with Gasteiger partial charge in [0.05, 0.1) is 5.69 Å². The van der Waals surface area contributed by atoms with Crippen molar-refractivity contribution in [3.8, 4) is 0 Å². The van der Waals surface area contributed by atoms with E-state index >= 15 is 0 Å². The molecular weight excluding hydrogens is 392 g/mol. The topological polar surface area (TPSA) is 79.0 Å². The summed E-state index contributed by atoms with van der Waals surface area (Å²) in [6.07, 6.45) is 3.64. The third kappa shape index (κ3) is 3.16. The van der Waals surface area contributed by atoms with Crippen LogP contribution in [0.4, 0.5) is 0 Å². The number of aromatic nitrogens is 4. The van der Waals surface area contributed by atoms with Gasteiger partial charge in [-0.25, -0.2) is 14.8 Å². The molecule has 0 fully saturated rings. The van der Waals surface area contributed by atoms with Crippen LogP contribution in [-0.4, -0.2) is 19.1 Å². The van der Waals surface area contributed by atoms with Crippen LogP contribution in [0, 0.1) is 0 Å². The van der Waals surface area contributed by atoms with Gasteiger partial charge in [-0.05, 0) is 11.6 Å². The van der Waals surface area contributed by atoms with Gasteiger partial charge in [0, 0.05) is 25.7 Å². The standard InChI is InChI=1S/C24H18N4O3/c1-27-22-21(23(29)28(2)24(27)30)26-20-17(25-22)14-18(16-11-7-4-8-12-16)31-19(20)13-15-9-5-3-6-10-15/h3-14H,1-2H3/b19-13+. The maximum absolute atomic E-state index is 12.7. The molecule has 5 rings (SSSR count). The first-order chi connectivity index (χ1) is 15.0. The summed E-state index contributed by atoms with van der Waals surface area (Å²) >= 11 is 0. The van der Waals surface area contributed by atoms with Crippen molar-refractivity contribution in [2.24, 2.45) is 14.1 Å². The van der Waals surface area contributed by atoms with Crippen molar-refractivity contribution < 1.29 is 4.74 Å². The maximum atomic E-state index is 12.7. The van der Waals surface area contributed by atoms with E-state index in [0.29, 0.717) is 22.9 Å². The zero-order valence-electron chi connectivity index (χ0n) is 16.9. The highest BCUT2D eigenvalue weighted by molar-refractivity contribution is 5.92. The zero-order valence-corrected chi connectivity index (χ0v) is 16.9. The molecule has 4 aromatic rings. The van der Waals surface area contributed by atoms with E-state index in [1.165, 1.54) is 11.6 Å². The summed E-state index contributed by atoms with van der Waals surface area (Å²) in [5.41, 5.74) is 2.19. The van der Waals surface area contributed by atoms with Gasteiger partial charge in [-0.1, -0.05) is 60.7 Å². The molecule has 0 saturated carbocycles. The summed E-state index contributed by atoms with van der Waals surface area (Å²) in [6, 6.07) is 19.4. The Morgan fingerprint density at radius 2 is 1.55 bits per heavy atom. The minimum absolute atomic E-state index is 0.113. The van der Waals surface area contributed by atoms with Crippen molar-refractivity contribution in [1.29, 1.82) is 0 Å². The molecule has 0 N–H and O–H groups in total. The maximum Gasteiger partial charge on any atom is 0.332 e. The second-order valence-electron chi connectivity index (χ2n) is 7.23. The summed E-state index contributed by atoms with van der Waals surface area (Å²) in [5.74, 6) is 1.09. The van der Waals surface area contributed by atoms with Gasteiger partial charge in [-0.15, -0.1) is 0 Å². The molecule has 1 aliphatic rings. The molecule has 1 aliphatic heterocycles. The summed E-state index contributed by atoms with van der Waals surface area (Å²) in [7, 11) is 3.00. The van der Waals surface area contributed by atoms with Crippen LogP contribution in [0.3, 0.4) is 0 Å². The summed E-state index contributed by atoms with van der Waals surface area (Å²) in [4.78, 5) is 34.3. The monoisotopic (exact) mass is 410 g/mol. The second-order valence-corrected chi connectivity index (χ2v) is 7.23. The number of hydrogen-bond donors (Lipinski definition) is 0. The molecule has 2 aromatic heterocycles. The van der Waals surface area contributed by atoms with Crippen LogP contribution in [0.15, 0.2) is 70.3 Å². The highest BCUT2D eigenvalue weighted by atomic mass is 16.5. The predicted octanol–water partition coefficient (Wildman–Crippen LogP) is 3.05. The molecule has 0 saturated heterocycles. The number of fused-ring (bicyclic) bond motifs is 2. The molecule has 7 nitrogen and oxygen atoms in total. The fourth-order valence-corrected chi connectivity index (χ4v) is 3.52. The quantitative estimate of drug-likeness (QED) is 0.508. The molecule has 0 atom stereocenters. The van der Waals surface area contributed by atoms with Crippen LogP contribution >= 0.6 is 0 Å². The Morgan fingerprint density at radius 1 is 0.871 bits per heavy atom. The molecule has 0 amide bonds. The van der Waals surface area contributed by atoms with Crippen LogP contribution in [0.25, 0.3) is 34.8 Å². The lowest BCUT2D eigenvalue weighted by Crippen LogP contribution is -2.38. The minimum Gasteiger partial charge on any atom is -0.454 e. The van der Waals surface area contributed by atoms with Crippen LogP contribution in [0.1, 0.15) is 22.5 Å². The highest BCUT2D eigenvalue weighted by Gasteiger charge is 2.24. The average molecular weight is 410 g/mol. The molecular formula is C24H18N4O3. The first-order valence-electron chi connectivity index (χ1n) is 9.73. The van der Waals surface area contributed by atoms with E-state index in [1.807, 2.05) is 66.7 Å². The zero-order chi connectivity index (χ0) is 21.5. The Bertz CT molecular complexity index is 1500. The van der Waals surface area contributed by atoms with Crippen molar-refractivity contribution in [2.75, 3.05) is 0 Å². The van der Waals surface area contributed by atoms with Crippen molar-refractivity contribution in [3.05, 3.63) is 104 Å². The van der Waals surface area contributed by atoms with Gasteiger partial charge in [-0.3, -0.25) is 13.9 Å². The Hall–Kier alpha value is -4.26. The minimum atomic E-state index is -0.495. The number of hydrogen-bond acceptors (Lipinski definition) is 5. The van der Waals surface area contributed by atoms with Gasteiger partial charge in [0.15, 0.2) is 16.9 Å². The van der Waals surface area contributed by atoms with Gasteiger partial charge in [0.2, 0.25) is 0 Å². The van der Waals surface area contributed by atoms with Crippen molar-refractivity contribution in [2.45, 2.75) is 0 Å². The second kappa shape index (κ2) is 7.21. The van der Waals surface area contributed by atoms with E-state index in [-0.39, 0.29) is 11.2 Å². The summed E-state index contributed by atoms with van der Waals surface area (Å²) < 4.78 is 8.57. The van der Waals surface area contributed by atoms with Crippen molar-refractivity contribution in [1.82, 2.24) is 19.1 Å². The molecule has 0 aliphatic carbocycles. The van der Waals surface area contributed by atoms with Gasteiger partial charge < -0.3 is 4.74 Å². The first-order valence-corrected chi connectivity index (χ1v) is 9.73. The van der Waals surface area contributed by atoms with Crippen LogP contribution in [0.5, 0.6) is 0 Å². The SMILES string of the molecule is Cn1c(=O)c2nc3c(nc2n(C)c1=O)C=C(c1ccccc1)O/C3=C/c1ccccc1. The van der Waals surface area contributed by atoms with Crippen LogP contribution in [0.2, 0.25) is 0 Å². The third-order valence-electron chi connectivity index (χ3n) is 5.18. The third-order valence-corrected chi connectivity index (χ3v) is 5.18. The largest absolute Gasteiger partial charge is 0.454 e. The Balaban J connectivity index is 1.82. The number of nitrogens with zero attached hydrogens (tertiary/aromatic N) is 4. The number of rotatable bonds is 2. The summed E-state index contributed by atoms with van der Waals surface area (Å²) in [6.45, 7) is 0. The Labute approximate surface area is 177 Å². The molecule has 3 heterocycles. The lowest BCUT2D eigenvalue weighted by molar-refractivity contribution is 0.470. The number of benzene rings is 2. The molecule has 0 bridgehead atoms. The molecule has 0 spiro atoms. The Morgan fingerprint density at radius 3 is 2.26 bits per heavy atom. The lowest BCUT2D eigenvalue weighted by atomic mass is 10.1. The van der Waals surface area contributed by atoms with Gasteiger partial charge >= 0.3 is 5.69 Å². The summed E-state index contributed by atoms with van der Waals surface area (Å²) in [5, 5.41) is 0. The normalized spacial score (nSPS) is 14.3. The first kappa shape index (κ1) is 18.7. The Kier molecular flexibility index (Phi) is 4.36. The van der Waals surface area contributed by atoms with E-state index < -0.39 is 11.2 Å². The molecule has 7 heteroatoms. The fraction of sp³-hybridized carbons (Fsp3) is 0.0833. The van der Waals surface area contributed by atoms with Gasteiger partial charge in [-0.2, -0.15) is 0 Å². The number of aryl methyl sites for hydroxylation is 1. The molecule has 0 unspecified atom stereocenters. The molecule has 152 valence electrons. The van der Waals surface area contributed by atoms with E-state index in [4.69, 9.17) is 4.74 Å². The average Bonchev–Trinajstić information content (AvgIpc) is 2.81. The van der Waals surface area contributed by atoms with E-state index in [2.05, 4.69) is 9.97 Å². The van der Waals surface area contributed by atoms with Gasteiger partial charge in [0.25, 0.3) is 5.56 Å². The lowest BCUT2D eigenvalue weighted by Gasteiger charge is -2.20. The fourth-order valence-electron chi connectivity index (χ4n) is 3.52. The van der Waals surface area contributed by atoms with E-state index in [9.17, 15) is 9.59 Å². The predicted molar refractivity (Wildman–Crippen MR) is 120 cm³/mol. The van der Waals surface area contributed by atoms with E-state index in [1.54, 1.807) is 13.1 Å². The smallest absolute Gasteiger partial charge is 0.332 e. The van der Waals surface area contributed by atoms with Crippen molar-refractivity contribution >= 4 is 34.8 Å². The van der Waals surface area contributed by atoms with E-state index in [0.717, 1.165) is 15.7 Å². The molecule has 2 aromatic carbocycles. The molecule has 0 radical (unpaired) electrons. The van der Waals surface area contributed by atoms with Crippen LogP contribution < -0.4 is 11.2 Å². The highest BCUT2D eigenvalue weighted by Crippen LogP contribution is 2.34. The van der Waals surface area contributed by atoms with Gasteiger partial charge in [0.1, 0.15) is 11.5 Å². The van der Waals surface area contributed by atoms with Crippen LogP contribution in [-0.2, 0) is 18.8 Å². The number of ether oxygens (including phenoxy) is 1. The molecule has 31 heavy (non-hydrogen) atoms.